The van der Waals surface area contributed by atoms with Crippen molar-refractivity contribution in [3.8, 4) is 0 Å². The third kappa shape index (κ3) is 3.32. The van der Waals surface area contributed by atoms with Crippen LogP contribution in [0.25, 0.3) is 0 Å². The van der Waals surface area contributed by atoms with E-state index in [9.17, 15) is 5.11 Å². The maximum atomic E-state index is 9.59. The molecule has 76 valence electrons. The first kappa shape index (κ1) is 10.5. The number of aliphatic hydroxyl groups is 1. The van der Waals surface area contributed by atoms with E-state index in [4.69, 9.17) is 11.1 Å². The number of nitrogens with two attached hydrogens (primary N) is 1. The predicted octanol–water partition coefficient (Wildman–Crippen LogP) is 0.0152. The second-order valence-electron chi connectivity index (χ2n) is 3.91. The second-order valence-corrected chi connectivity index (χ2v) is 3.91. The fraction of sp³-hybridized carbons (Fsp3) is 0.889. The topological polar surface area (TPSA) is 73.3 Å². The van der Waals surface area contributed by atoms with Crippen molar-refractivity contribution in [1.82, 2.24) is 4.90 Å². The van der Waals surface area contributed by atoms with Crippen LogP contribution in [0.5, 0.6) is 0 Å². The van der Waals surface area contributed by atoms with Crippen LogP contribution in [0, 0.1) is 11.3 Å². The smallest absolute Gasteiger partial charge is 0.0918 e. The van der Waals surface area contributed by atoms with Crippen LogP contribution in [-0.4, -0.2) is 41.6 Å². The monoisotopic (exact) mass is 185 g/mol. The number of hydrogen-bond acceptors (Lipinski definition) is 3. The number of likely N-dealkylation sites (tertiary alicyclic amines) is 1. The zero-order chi connectivity index (χ0) is 9.84. The second kappa shape index (κ2) is 4.58. The van der Waals surface area contributed by atoms with Gasteiger partial charge >= 0.3 is 0 Å². The van der Waals surface area contributed by atoms with E-state index in [1.807, 2.05) is 0 Å². The average Bonchev–Trinajstić information content (AvgIpc) is 2.07. The summed E-state index contributed by atoms with van der Waals surface area (Å²) >= 11 is 0. The van der Waals surface area contributed by atoms with Crippen LogP contribution in [0.15, 0.2) is 0 Å². The zero-order valence-electron chi connectivity index (χ0n) is 8.16. The van der Waals surface area contributed by atoms with Crippen LogP contribution in [-0.2, 0) is 0 Å². The molecule has 2 atom stereocenters. The van der Waals surface area contributed by atoms with Gasteiger partial charge in [-0.05, 0) is 18.9 Å². The summed E-state index contributed by atoms with van der Waals surface area (Å²) in [5.41, 5.74) is 5.27. The van der Waals surface area contributed by atoms with Crippen molar-refractivity contribution in [1.29, 1.82) is 5.41 Å². The van der Waals surface area contributed by atoms with E-state index in [2.05, 4.69) is 11.8 Å². The molecule has 0 aromatic heterocycles. The highest BCUT2D eigenvalue weighted by Crippen LogP contribution is 2.16. The van der Waals surface area contributed by atoms with Crippen molar-refractivity contribution in [2.24, 2.45) is 11.7 Å². The molecule has 0 aliphatic carbocycles. The molecule has 1 rings (SSSR count). The summed E-state index contributed by atoms with van der Waals surface area (Å²) in [5, 5.41) is 16.7. The van der Waals surface area contributed by atoms with Crippen molar-refractivity contribution >= 4 is 5.84 Å². The van der Waals surface area contributed by atoms with Crippen LogP contribution < -0.4 is 5.73 Å². The van der Waals surface area contributed by atoms with Crippen molar-refractivity contribution in [3.05, 3.63) is 0 Å². The Bertz CT molecular complexity index is 184. The largest absolute Gasteiger partial charge is 0.392 e. The van der Waals surface area contributed by atoms with E-state index in [0.717, 1.165) is 26.1 Å². The van der Waals surface area contributed by atoms with Gasteiger partial charge in [0, 0.05) is 19.5 Å². The minimum Gasteiger partial charge on any atom is -0.392 e. The molecule has 2 unspecified atom stereocenters. The van der Waals surface area contributed by atoms with Crippen LogP contribution in [0.4, 0.5) is 0 Å². The maximum Gasteiger partial charge on any atom is 0.0918 e. The third-order valence-corrected chi connectivity index (χ3v) is 2.70. The SMILES string of the molecule is CC1CCN(CCC(=N)N)CC1O. The number of hydrogen-bond donors (Lipinski definition) is 3. The Morgan fingerprint density at radius 3 is 2.92 bits per heavy atom. The minimum absolute atomic E-state index is 0.208. The van der Waals surface area contributed by atoms with Crippen molar-refractivity contribution < 1.29 is 5.11 Å². The summed E-state index contributed by atoms with van der Waals surface area (Å²) in [5.74, 6) is 0.640. The summed E-state index contributed by atoms with van der Waals surface area (Å²) < 4.78 is 0. The number of rotatable bonds is 3. The Morgan fingerprint density at radius 1 is 1.69 bits per heavy atom. The predicted molar refractivity (Wildman–Crippen MR) is 52.8 cm³/mol. The highest BCUT2D eigenvalue weighted by atomic mass is 16.3. The van der Waals surface area contributed by atoms with Gasteiger partial charge in [-0.25, -0.2) is 0 Å². The third-order valence-electron chi connectivity index (χ3n) is 2.70. The number of nitrogens with one attached hydrogen (secondary N) is 1. The summed E-state index contributed by atoms with van der Waals surface area (Å²) in [6, 6.07) is 0. The van der Waals surface area contributed by atoms with Crippen molar-refractivity contribution in [2.75, 3.05) is 19.6 Å². The van der Waals surface area contributed by atoms with E-state index < -0.39 is 0 Å². The van der Waals surface area contributed by atoms with Gasteiger partial charge in [-0.2, -0.15) is 0 Å². The fourth-order valence-electron chi connectivity index (χ4n) is 1.60. The van der Waals surface area contributed by atoms with E-state index in [0.29, 0.717) is 12.3 Å². The normalized spacial score (nSPS) is 30.3. The number of piperidine rings is 1. The molecular formula is C9H19N3O. The lowest BCUT2D eigenvalue weighted by Gasteiger charge is -2.34. The molecule has 0 aromatic rings. The molecule has 1 saturated heterocycles. The molecule has 1 fully saturated rings. The molecule has 4 heteroatoms. The van der Waals surface area contributed by atoms with Crippen molar-refractivity contribution in [3.63, 3.8) is 0 Å². The van der Waals surface area contributed by atoms with E-state index >= 15 is 0 Å². The Hall–Kier alpha value is -0.610. The standard InChI is InChI=1S/C9H19N3O/c1-7-2-4-12(6-8(7)13)5-3-9(10)11/h7-8,13H,2-6H2,1H3,(H3,10,11). The van der Waals surface area contributed by atoms with Gasteiger partial charge in [0.25, 0.3) is 0 Å². The first-order chi connectivity index (χ1) is 6.09. The minimum atomic E-state index is -0.208. The number of nitrogens with zero attached hydrogens (tertiary/aromatic N) is 1. The van der Waals surface area contributed by atoms with Crippen LogP contribution in [0.1, 0.15) is 19.8 Å². The van der Waals surface area contributed by atoms with Gasteiger partial charge < -0.3 is 15.7 Å². The highest BCUT2D eigenvalue weighted by molar-refractivity contribution is 5.76. The molecule has 0 spiro atoms. The molecule has 0 amide bonds. The Kier molecular flexibility index (Phi) is 3.69. The molecule has 1 heterocycles. The molecule has 13 heavy (non-hydrogen) atoms. The van der Waals surface area contributed by atoms with Gasteiger partial charge in [0.2, 0.25) is 0 Å². The van der Waals surface area contributed by atoms with E-state index in [1.165, 1.54) is 0 Å². The Morgan fingerprint density at radius 2 is 2.38 bits per heavy atom. The molecule has 0 saturated carbocycles. The van der Waals surface area contributed by atoms with Gasteiger partial charge in [0.05, 0.1) is 11.9 Å². The molecule has 4 nitrogen and oxygen atoms in total. The summed E-state index contributed by atoms with van der Waals surface area (Å²) in [7, 11) is 0. The van der Waals surface area contributed by atoms with Gasteiger partial charge in [0.1, 0.15) is 0 Å². The lowest BCUT2D eigenvalue weighted by molar-refractivity contribution is 0.0304. The van der Waals surface area contributed by atoms with Crippen molar-refractivity contribution in [2.45, 2.75) is 25.9 Å². The maximum absolute atomic E-state index is 9.59. The number of amidine groups is 1. The van der Waals surface area contributed by atoms with Crippen LogP contribution >= 0.6 is 0 Å². The molecule has 0 aromatic carbocycles. The average molecular weight is 185 g/mol. The number of β-amino-alcohol motifs (C(OH)–C–C–N with tert-alkyl or cyclic N) is 1. The lowest BCUT2D eigenvalue weighted by atomic mass is 9.96. The van der Waals surface area contributed by atoms with Gasteiger partial charge in [-0.15, -0.1) is 0 Å². The summed E-state index contributed by atoms with van der Waals surface area (Å²) in [6.07, 6.45) is 1.45. The zero-order valence-corrected chi connectivity index (χ0v) is 8.16. The molecule has 4 N–H and O–H groups in total. The molecule has 1 aliphatic heterocycles. The summed E-state index contributed by atoms with van der Waals surface area (Å²) in [6.45, 7) is 4.63. The number of aliphatic hydroxyl groups excluding tert-OH is 1. The van der Waals surface area contributed by atoms with E-state index in [-0.39, 0.29) is 11.9 Å². The van der Waals surface area contributed by atoms with Gasteiger partial charge in [0.15, 0.2) is 0 Å². The first-order valence-corrected chi connectivity index (χ1v) is 4.83. The summed E-state index contributed by atoms with van der Waals surface area (Å²) in [4.78, 5) is 2.17. The van der Waals surface area contributed by atoms with Gasteiger partial charge in [-0.3, -0.25) is 5.41 Å². The van der Waals surface area contributed by atoms with Gasteiger partial charge in [-0.1, -0.05) is 6.92 Å². The molecule has 0 radical (unpaired) electrons. The first-order valence-electron chi connectivity index (χ1n) is 4.83. The molecule has 0 bridgehead atoms. The van der Waals surface area contributed by atoms with Crippen LogP contribution in [0.2, 0.25) is 0 Å². The quantitative estimate of drug-likeness (QED) is 0.428. The molecule has 1 aliphatic rings. The molecular weight excluding hydrogens is 166 g/mol. The van der Waals surface area contributed by atoms with E-state index in [1.54, 1.807) is 0 Å². The Balaban J connectivity index is 2.25. The lowest BCUT2D eigenvalue weighted by Crippen LogP contribution is -2.43. The fourth-order valence-corrected chi connectivity index (χ4v) is 1.60. The Labute approximate surface area is 79.2 Å². The van der Waals surface area contributed by atoms with Crippen LogP contribution in [0.3, 0.4) is 0 Å². The highest BCUT2D eigenvalue weighted by Gasteiger charge is 2.23.